The smallest absolute Gasteiger partial charge is 0.248 e. The molecule has 0 aliphatic heterocycles. The summed E-state index contributed by atoms with van der Waals surface area (Å²) in [6.07, 6.45) is 0.837. The standard InChI is InChI=1S/C18H25N3O5S/c1-13-18(14(2)26-20-13)27(23,24)21(3)12-11-19-17(22)10-9-15-7-5-6-8-16(15)25-4/h5-8H,9-12H2,1-4H3,(H,19,22). The topological polar surface area (TPSA) is 102 Å². The molecule has 0 saturated carbocycles. The van der Waals surface area contributed by atoms with Crippen molar-refractivity contribution in [2.75, 3.05) is 27.2 Å². The van der Waals surface area contributed by atoms with E-state index in [9.17, 15) is 13.2 Å². The second-order valence-electron chi connectivity index (χ2n) is 6.14. The first-order valence-corrected chi connectivity index (χ1v) is 9.99. The Kier molecular flexibility index (Phi) is 6.98. The van der Waals surface area contributed by atoms with Gasteiger partial charge in [-0.3, -0.25) is 4.79 Å². The van der Waals surface area contributed by atoms with E-state index in [4.69, 9.17) is 9.26 Å². The summed E-state index contributed by atoms with van der Waals surface area (Å²) in [4.78, 5) is 12.1. The van der Waals surface area contributed by atoms with Crippen molar-refractivity contribution in [3.8, 4) is 5.75 Å². The highest BCUT2D eigenvalue weighted by Gasteiger charge is 2.28. The fourth-order valence-corrected chi connectivity index (χ4v) is 4.17. The third-order valence-corrected chi connectivity index (χ3v) is 6.30. The monoisotopic (exact) mass is 395 g/mol. The molecule has 1 N–H and O–H groups in total. The molecule has 27 heavy (non-hydrogen) atoms. The molecule has 1 heterocycles. The summed E-state index contributed by atoms with van der Waals surface area (Å²) in [7, 11) is -0.658. The summed E-state index contributed by atoms with van der Waals surface area (Å²) in [5.74, 6) is 0.847. The average molecular weight is 395 g/mol. The molecule has 0 bridgehead atoms. The molecule has 0 saturated heterocycles. The second kappa shape index (κ2) is 9.01. The average Bonchev–Trinajstić information content (AvgIpc) is 2.99. The molecular formula is C18H25N3O5S. The van der Waals surface area contributed by atoms with Crippen molar-refractivity contribution in [2.24, 2.45) is 0 Å². The van der Waals surface area contributed by atoms with E-state index in [1.807, 2.05) is 24.3 Å². The Morgan fingerprint density at radius 3 is 2.63 bits per heavy atom. The molecule has 9 heteroatoms. The van der Waals surface area contributed by atoms with E-state index in [2.05, 4.69) is 10.5 Å². The maximum Gasteiger partial charge on any atom is 0.248 e. The van der Waals surface area contributed by atoms with Crippen LogP contribution in [0.4, 0.5) is 0 Å². The van der Waals surface area contributed by atoms with Gasteiger partial charge in [0.25, 0.3) is 0 Å². The number of carbonyl (C=O) groups excluding carboxylic acids is 1. The van der Waals surface area contributed by atoms with Gasteiger partial charge in [-0.25, -0.2) is 8.42 Å². The van der Waals surface area contributed by atoms with E-state index < -0.39 is 10.0 Å². The fourth-order valence-electron chi connectivity index (χ4n) is 2.72. The Bertz CT molecular complexity index is 873. The van der Waals surface area contributed by atoms with Crippen LogP contribution in [0.15, 0.2) is 33.7 Å². The number of nitrogens with zero attached hydrogens (tertiary/aromatic N) is 2. The first kappa shape index (κ1) is 20.9. The largest absolute Gasteiger partial charge is 0.496 e. The third kappa shape index (κ3) is 5.08. The first-order chi connectivity index (χ1) is 12.8. The van der Waals surface area contributed by atoms with E-state index in [1.165, 1.54) is 11.4 Å². The molecule has 148 valence electrons. The molecule has 0 atom stereocenters. The Morgan fingerprint density at radius 1 is 1.30 bits per heavy atom. The molecule has 2 aromatic rings. The van der Waals surface area contributed by atoms with Crippen LogP contribution in [-0.2, 0) is 21.2 Å². The lowest BCUT2D eigenvalue weighted by Crippen LogP contribution is -2.36. The number of aromatic nitrogens is 1. The van der Waals surface area contributed by atoms with Gasteiger partial charge in [0.2, 0.25) is 15.9 Å². The summed E-state index contributed by atoms with van der Waals surface area (Å²) in [6, 6.07) is 7.53. The van der Waals surface area contributed by atoms with Gasteiger partial charge in [-0.1, -0.05) is 23.4 Å². The summed E-state index contributed by atoms with van der Waals surface area (Å²) in [5, 5.41) is 6.42. The molecular weight excluding hydrogens is 370 g/mol. The minimum atomic E-state index is -3.71. The number of hydrogen-bond acceptors (Lipinski definition) is 6. The van der Waals surface area contributed by atoms with Crippen molar-refractivity contribution < 1.29 is 22.5 Å². The maximum absolute atomic E-state index is 12.6. The van der Waals surface area contributed by atoms with Crippen molar-refractivity contribution in [1.82, 2.24) is 14.8 Å². The minimum absolute atomic E-state index is 0.0764. The number of rotatable bonds is 9. The molecule has 1 amide bonds. The number of benzene rings is 1. The fraction of sp³-hybridized carbons (Fsp3) is 0.444. The zero-order valence-corrected chi connectivity index (χ0v) is 16.8. The first-order valence-electron chi connectivity index (χ1n) is 8.55. The molecule has 0 aliphatic rings. The molecule has 1 aromatic heterocycles. The molecule has 0 fully saturated rings. The lowest BCUT2D eigenvalue weighted by atomic mass is 10.1. The van der Waals surface area contributed by atoms with Gasteiger partial charge in [-0.2, -0.15) is 4.31 Å². The summed E-state index contributed by atoms with van der Waals surface area (Å²) >= 11 is 0. The molecule has 2 rings (SSSR count). The number of aryl methyl sites for hydroxylation is 3. The van der Waals surface area contributed by atoms with E-state index in [1.54, 1.807) is 21.0 Å². The highest BCUT2D eigenvalue weighted by Crippen LogP contribution is 2.22. The lowest BCUT2D eigenvalue weighted by molar-refractivity contribution is -0.121. The minimum Gasteiger partial charge on any atom is -0.496 e. The molecule has 0 aliphatic carbocycles. The lowest BCUT2D eigenvalue weighted by Gasteiger charge is -2.17. The van der Waals surface area contributed by atoms with Gasteiger partial charge >= 0.3 is 0 Å². The Morgan fingerprint density at radius 2 is 2.00 bits per heavy atom. The van der Waals surface area contributed by atoms with E-state index in [0.717, 1.165) is 11.3 Å². The number of nitrogens with one attached hydrogen (secondary N) is 1. The van der Waals surface area contributed by atoms with Crippen LogP contribution in [0.2, 0.25) is 0 Å². The molecule has 1 aromatic carbocycles. The highest BCUT2D eigenvalue weighted by atomic mass is 32.2. The Labute approximate surface area is 159 Å². The third-order valence-electron chi connectivity index (χ3n) is 4.20. The van der Waals surface area contributed by atoms with Crippen molar-refractivity contribution in [3.05, 3.63) is 41.3 Å². The zero-order chi connectivity index (χ0) is 20.0. The normalized spacial score (nSPS) is 11.6. The van der Waals surface area contributed by atoms with Crippen LogP contribution in [0, 0.1) is 13.8 Å². The van der Waals surface area contributed by atoms with Crippen LogP contribution in [-0.4, -0.2) is 51.0 Å². The number of hydrogen-bond donors (Lipinski definition) is 1. The molecule has 0 unspecified atom stereocenters. The second-order valence-corrected chi connectivity index (χ2v) is 8.12. The van der Waals surface area contributed by atoms with E-state index in [0.29, 0.717) is 18.5 Å². The number of likely N-dealkylation sites (N-methyl/N-ethyl adjacent to an activating group) is 1. The van der Waals surface area contributed by atoms with Gasteiger partial charge in [0.15, 0.2) is 5.76 Å². The van der Waals surface area contributed by atoms with Crippen LogP contribution in [0.3, 0.4) is 0 Å². The number of sulfonamides is 1. The quantitative estimate of drug-likeness (QED) is 0.693. The summed E-state index contributed by atoms with van der Waals surface area (Å²) in [5.41, 5.74) is 1.27. The number of para-hydroxylation sites is 1. The maximum atomic E-state index is 12.6. The van der Waals surface area contributed by atoms with Crippen molar-refractivity contribution in [1.29, 1.82) is 0 Å². The number of methoxy groups -OCH3 is 1. The summed E-state index contributed by atoms with van der Waals surface area (Å²) < 4.78 is 36.6. The molecule has 0 radical (unpaired) electrons. The van der Waals surface area contributed by atoms with E-state index >= 15 is 0 Å². The number of carbonyl (C=O) groups is 1. The van der Waals surface area contributed by atoms with Gasteiger partial charge in [-0.05, 0) is 31.9 Å². The van der Waals surface area contributed by atoms with Crippen LogP contribution >= 0.6 is 0 Å². The van der Waals surface area contributed by atoms with Gasteiger partial charge < -0.3 is 14.6 Å². The predicted molar refractivity (Wildman–Crippen MR) is 100 cm³/mol. The zero-order valence-electron chi connectivity index (χ0n) is 16.0. The van der Waals surface area contributed by atoms with Crippen LogP contribution < -0.4 is 10.1 Å². The Balaban J connectivity index is 1.84. The van der Waals surface area contributed by atoms with Crippen LogP contribution in [0.5, 0.6) is 5.75 Å². The number of amides is 1. The van der Waals surface area contributed by atoms with Crippen molar-refractivity contribution in [2.45, 2.75) is 31.6 Å². The van der Waals surface area contributed by atoms with E-state index in [-0.39, 0.29) is 29.7 Å². The van der Waals surface area contributed by atoms with Crippen molar-refractivity contribution in [3.63, 3.8) is 0 Å². The SMILES string of the molecule is COc1ccccc1CCC(=O)NCCN(C)S(=O)(=O)c1c(C)noc1C. The van der Waals surface area contributed by atoms with Crippen LogP contribution in [0.1, 0.15) is 23.4 Å². The molecule has 8 nitrogen and oxygen atoms in total. The highest BCUT2D eigenvalue weighted by molar-refractivity contribution is 7.89. The van der Waals surface area contributed by atoms with Gasteiger partial charge in [0.1, 0.15) is 16.3 Å². The van der Waals surface area contributed by atoms with Gasteiger partial charge in [0.05, 0.1) is 7.11 Å². The van der Waals surface area contributed by atoms with Gasteiger partial charge in [0, 0.05) is 26.6 Å². The summed E-state index contributed by atoms with van der Waals surface area (Å²) in [6.45, 7) is 3.49. The molecule has 0 spiro atoms. The predicted octanol–water partition coefficient (Wildman–Crippen LogP) is 1.67. The Hall–Kier alpha value is -2.39. The number of ether oxygens (including phenoxy) is 1. The van der Waals surface area contributed by atoms with Gasteiger partial charge in [-0.15, -0.1) is 0 Å². The van der Waals surface area contributed by atoms with Crippen LogP contribution in [0.25, 0.3) is 0 Å². The van der Waals surface area contributed by atoms with Crippen molar-refractivity contribution >= 4 is 15.9 Å².